The molecule has 2 aromatic heterocycles. The van der Waals surface area contributed by atoms with Crippen molar-refractivity contribution in [2.45, 2.75) is 24.1 Å². The molecule has 0 saturated heterocycles. The van der Waals surface area contributed by atoms with Crippen LogP contribution in [0.2, 0.25) is 0 Å². The zero-order valence-electron chi connectivity index (χ0n) is 12.8. The summed E-state index contributed by atoms with van der Waals surface area (Å²) in [5.41, 5.74) is 3.86. The monoisotopic (exact) mass is 320 g/mol. The number of hydrogen-bond acceptors (Lipinski definition) is 4. The molecule has 0 aliphatic heterocycles. The summed E-state index contributed by atoms with van der Waals surface area (Å²) in [5, 5.41) is 1.98. The summed E-state index contributed by atoms with van der Waals surface area (Å²) < 4.78 is 6.03. The number of nitrogens with zero attached hydrogens (tertiary/aromatic N) is 2. The molecule has 2 heterocycles. The molecule has 4 rings (SSSR count). The van der Waals surface area contributed by atoms with Crippen molar-refractivity contribution >= 4 is 33.8 Å². The lowest BCUT2D eigenvalue weighted by Crippen LogP contribution is -1.95. The Hall–Kier alpha value is -2.33. The van der Waals surface area contributed by atoms with Gasteiger partial charge in [0.15, 0.2) is 5.58 Å². The Morgan fingerprint density at radius 1 is 0.957 bits per heavy atom. The molecule has 0 aliphatic carbocycles. The Balaban J connectivity index is 1.81. The molecule has 0 N–H and O–H groups in total. The van der Waals surface area contributed by atoms with E-state index >= 15 is 0 Å². The third kappa shape index (κ3) is 2.70. The van der Waals surface area contributed by atoms with E-state index < -0.39 is 0 Å². The quantitative estimate of drug-likeness (QED) is 0.381. The molecule has 0 aliphatic rings. The average Bonchev–Trinajstić information content (AvgIpc) is 2.99. The summed E-state index contributed by atoms with van der Waals surface area (Å²) in [6, 6.07) is 18.4. The first-order valence-corrected chi connectivity index (χ1v) is 8.68. The Bertz CT molecular complexity index is 963. The van der Waals surface area contributed by atoms with E-state index in [1.54, 1.807) is 11.8 Å². The van der Waals surface area contributed by atoms with Crippen LogP contribution in [0.4, 0.5) is 0 Å². The molecule has 0 saturated carbocycles. The van der Waals surface area contributed by atoms with E-state index in [9.17, 15) is 0 Å². The van der Waals surface area contributed by atoms with Gasteiger partial charge in [0.25, 0.3) is 0 Å². The third-order valence-electron chi connectivity index (χ3n) is 3.77. The highest BCUT2D eigenvalue weighted by atomic mass is 32.2. The first-order valence-electron chi connectivity index (χ1n) is 7.70. The summed E-state index contributed by atoms with van der Waals surface area (Å²) in [7, 11) is 0. The second-order valence-electron chi connectivity index (χ2n) is 5.35. The van der Waals surface area contributed by atoms with Gasteiger partial charge in [-0.3, -0.25) is 0 Å². The fourth-order valence-electron chi connectivity index (χ4n) is 2.59. The lowest BCUT2D eigenvalue weighted by atomic mass is 10.2. The fraction of sp³-hybridized carbons (Fsp3) is 0.158. The average molecular weight is 320 g/mol. The van der Waals surface area contributed by atoms with Crippen LogP contribution in [0.5, 0.6) is 0 Å². The van der Waals surface area contributed by atoms with Gasteiger partial charge in [0.2, 0.25) is 0 Å². The molecule has 2 aromatic carbocycles. The Kier molecular flexibility index (Phi) is 3.75. The summed E-state index contributed by atoms with van der Waals surface area (Å²) in [5.74, 6) is 1.73. The summed E-state index contributed by atoms with van der Waals surface area (Å²) in [6.45, 7) is 2.08. The zero-order valence-corrected chi connectivity index (χ0v) is 13.6. The Morgan fingerprint density at radius 3 is 2.57 bits per heavy atom. The van der Waals surface area contributed by atoms with Crippen molar-refractivity contribution in [2.75, 3.05) is 0 Å². The third-order valence-corrected chi connectivity index (χ3v) is 4.80. The van der Waals surface area contributed by atoms with Gasteiger partial charge in [-0.15, -0.1) is 0 Å². The van der Waals surface area contributed by atoms with Gasteiger partial charge in [0, 0.05) is 17.6 Å². The number of aromatic nitrogens is 2. The predicted molar refractivity (Wildman–Crippen MR) is 94.7 cm³/mol. The number of furan rings is 1. The standard InChI is InChI=1S/C19H16N2OS/c1-2-16-20-17-14-10-6-7-11-15(14)22-18(17)19(21-16)23-12-13-8-4-3-5-9-13/h3-11H,2,12H2,1H3. The van der Waals surface area contributed by atoms with E-state index in [1.807, 2.05) is 24.3 Å². The second kappa shape index (κ2) is 6.05. The first kappa shape index (κ1) is 14.3. The maximum atomic E-state index is 6.03. The topological polar surface area (TPSA) is 38.9 Å². The predicted octanol–water partition coefficient (Wildman–Crippen LogP) is 5.23. The summed E-state index contributed by atoms with van der Waals surface area (Å²) >= 11 is 1.70. The van der Waals surface area contributed by atoms with Gasteiger partial charge in [0.1, 0.15) is 22.0 Å². The Labute approximate surface area is 138 Å². The highest BCUT2D eigenvalue weighted by Crippen LogP contribution is 2.34. The van der Waals surface area contributed by atoms with Crippen LogP contribution in [0.1, 0.15) is 18.3 Å². The normalized spacial score (nSPS) is 11.3. The lowest BCUT2D eigenvalue weighted by Gasteiger charge is -2.04. The molecule has 0 fully saturated rings. The molecular formula is C19H16N2OS. The van der Waals surface area contributed by atoms with Crippen LogP contribution in [0.3, 0.4) is 0 Å². The minimum absolute atomic E-state index is 0.796. The molecule has 0 radical (unpaired) electrons. The minimum atomic E-state index is 0.796. The number of para-hydroxylation sites is 1. The van der Waals surface area contributed by atoms with Crippen LogP contribution in [0.25, 0.3) is 22.1 Å². The van der Waals surface area contributed by atoms with Crippen LogP contribution in [-0.4, -0.2) is 9.97 Å². The fourth-order valence-corrected chi connectivity index (χ4v) is 3.53. The summed E-state index contributed by atoms with van der Waals surface area (Å²) in [6.07, 6.45) is 0.814. The van der Waals surface area contributed by atoms with Gasteiger partial charge in [-0.05, 0) is 17.7 Å². The van der Waals surface area contributed by atoms with Crippen molar-refractivity contribution in [3.05, 3.63) is 66.0 Å². The Morgan fingerprint density at radius 2 is 1.74 bits per heavy atom. The van der Waals surface area contributed by atoms with Crippen LogP contribution >= 0.6 is 11.8 Å². The van der Waals surface area contributed by atoms with Crippen molar-refractivity contribution in [2.24, 2.45) is 0 Å². The molecule has 0 unspecified atom stereocenters. The zero-order chi connectivity index (χ0) is 15.6. The van der Waals surface area contributed by atoms with E-state index in [0.29, 0.717) is 0 Å². The van der Waals surface area contributed by atoms with Crippen LogP contribution in [-0.2, 0) is 12.2 Å². The van der Waals surface area contributed by atoms with Crippen molar-refractivity contribution in [3.8, 4) is 0 Å². The van der Waals surface area contributed by atoms with E-state index in [0.717, 1.165) is 45.1 Å². The number of rotatable bonds is 4. The number of thioether (sulfide) groups is 1. The molecule has 0 spiro atoms. The van der Waals surface area contributed by atoms with E-state index in [1.165, 1.54) is 5.56 Å². The van der Waals surface area contributed by atoms with Gasteiger partial charge >= 0.3 is 0 Å². The molecule has 114 valence electrons. The van der Waals surface area contributed by atoms with Crippen LogP contribution < -0.4 is 0 Å². The number of benzene rings is 2. The molecule has 0 bridgehead atoms. The second-order valence-corrected chi connectivity index (χ2v) is 6.31. The summed E-state index contributed by atoms with van der Waals surface area (Å²) in [4.78, 5) is 9.37. The number of aryl methyl sites for hydroxylation is 1. The smallest absolute Gasteiger partial charge is 0.186 e. The largest absolute Gasteiger partial charge is 0.451 e. The van der Waals surface area contributed by atoms with Gasteiger partial charge in [-0.1, -0.05) is 61.2 Å². The molecule has 3 nitrogen and oxygen atoms in total. The van der Waals surface area contributed by atoms with Gasteiger partial charge in [-0.25, -0.2) is 9.97 Å². The van der Waals surface area contributed by atoms with Crippen LogP contribution in [0.15, 0.2) is 64.0 Å². The first-order chi connectivity index (χ1) is 11.3. The molecular weight excluding hydrogens is 304 g/mol. The van der Waals surface area contributed by atoms with Crippen molar-refractivity contribution in [1.29, 1.82) is 0 Å². The molecule has 23 heavy (non-hydrogen) atoms. The van der Waals surface area contributed by atoms with Crippen LogP contribution in [0, 0.1) is 0 Å². The maximum absolute atomic E-state index is 6.03. The highest BCUT2D eigenvalue weighted by molar-refractivity contribution is 7.98. The van der Waals surface area contributed by atoms with Crippen molar-refractivity contribution in [1.82, 2.24) is 9.97 Å². The molecule has 0 atom stereocenters. The molecule has 4 heteroatoms. The number of hydrogen-bond donors (Lipinski definition) is 0. The SMILES string of the molecule is CCc1nc(SCc2ccccc2)c2oc3ccccc3c2n1. The highest BCUT2D eigenvalue weighted by Gasteiger charge is 2.15. The molecule has 4 aromatic rings. The van der Waals surface area contributed by atoms with Gasteiger partial charge in [-0.2, -0.15) is 0 Å². The number of fused-ring (bicyclic) bond motifs is 3. The van der Waals surface area contributed by atoms with E-state index in [-0.39, 0.29) is 0 Å². The van der Waals surface area contributed by atoms with Gasteiger partial charge in [0.05, 0.1) is 0 Å². The van der Waals surface area contributed by atoms with Crippen molar-refractivity contribution < 1.29 is 4.42 Å². The maximum Gasteiger partial charge on any atom is 0.186 e. The van der Waals surface area contributed by atoms with Crippen molar-refractivity contribution in [3.63, 3.8) is 0 Å². The van der Waals surface area contributed by atoms with E-state index in [4.69, 9.17) is 4.42 Å². The lowest BCUT2D eigenvalue weighted by molar-refractivity contribution is 0.651. The van der Waals surface area contributed by atoms with Gasteiger partial charge < -0.3 is 4.42 Å². The van der Waals surface area contributed by atoms with E-state index in [2.05, 4.69) is 47.2 Å². The minimum Gasteiger partial charge on any atom is -0.451 e. The molecule has 0 amide bonds.